The highest BCUT2D eigenvalue weighted by molar-refractivity contribution is 5.87. The Morgan fingerprint density at radius 2 is 1.70 bits per heavy atom. The Hall–Kier alpha value is -2.07. The molecule has 10 atom stereocenters. The van der Waals surface area contributed by atoms with E-state index in [2.05, 4.69) is 53.7 Å². The number of rotatable bonds is 11. The number of hydrogen-bond donors (Lipinski definition) is 1. The fraction of sp³-hybridized carbons (Fsp3) is 0.738. The number of allylic oxidation sites excluding steroid dienone is 2. The Labute approximate surface area is 280 Å². The molecule has 4 saturated carbocycles. The largest absolute Gasteiger partial charge is 0.491 e. The van der Waals surface area contributed by atoms with Crippen LogP contribution in [-0.2, 0) is 16.1 Å². The summed E-state index contributed by atoms with van der Waals surface area (Å²) in [7, 11) is 0. The van der Waals surface area contributed by atoms with Crippen LogP contribution in [0.1, 0.15) is 131 Å². The van der Waals surface area contributed by atoms with Gasteiger partial charge in [-0.3, -0.25) is 0 Å². The van der Waals surface area contributed by atoms with Gasteiger partial charge in [-0.05, 0) is 160 Å². The number of fused-ring (bicyclic) bond motifs is 5. The van der Waals surface area contributed by atoms with Crippen molar-refractivity contribution in [1.29, 1.82) is 0 Å². The van der Waals surface area contributed by atoms with Gasteiger partial charge >= 0.3 is 5.97 Å². The van der Waals surface area contributed by atoms with Gasteiger partial charge in [0.25, 0.3) is 0 Å². The zero-order valence-corrected chi connectivity index (χ0v) is 30.3. The maximum absolute atomic E-state index is 12.9. The smallest absolute Gasteiger partial charge is 0.331 e. The molecule has 1 aromatic carbocycles. The van der Waals surface area contributed by atoms with Crippen molar-refractivity contribution in [2.75, 3.05) is 0 Å². The van der Waals surface area contributed by atoms with E-state index in [1.807, 2.05) is 32.0 Å². The third-order valence-corrected chi connectivity index (χ3v) is 13.6. The van der Waals surface area contributed by atoms with Gasteiger partial charge in [-0.2, -0.15) is 0 Å². The average Bonchev–Trinajstić information content (AvgIpc) is 3.38. The van der Waals surface area contributed by atoms with E-state index in [1.54, 1.807) is 12.2 Å². The molecule has 0 aromatic heterocycles. The number of carbonyl (C=O) groups is 1. The molecule has 4 aliphatic rings. The summed E-state index contributed by atoms with van der Waals surface area (Å²) < 4.78 is 11.8. The van der Waals surface area contributed by atoms with Crippen LogP contribution in [0.2, 0.25) is 0 Å². The number of carbonyl (C=O) groups excluding carboxylic acids is 1. The Morgan fingerprint density at radius 1 is 0.957 bits per heavy atom. The van der Waals surface area contributed by atoms with Crippen molar-refractivity contribution in [2.45, 2.75) is 138 Å². The predicted molar refractivity (Wildman–Crippen MR) is 189 cm³/mol. The van der Waals surface area contributed by atoms with Crippen molar-refractivity contribution >= 4 is 12.0 Å². The second-order valence-corrected chi connectivity index (χ2v) is 16.8. The zero-order chi connectivity index (χ0) is 33.2. The van der Waals surface area contributed by atoms with Crippen molar-refractivity contribution in [1.82, 2.24) is 0 Å². The van der Waals surface area contributed by atoms with E-state index in [0.717, 1.165) is 53.6 Å². The van der Waals surface area contributed by atoms with Gasteiger partial charge in [0.05, 0.1) is 12.7 Å². The van der Waals surface area contributed by atoms with Crippen molar-refractivity contribution < 1.29 is 19.4 Å². The topological polar surface area (TPSA) is 55.8 Å². The van der Waals surface area contributed by atoms with Crippen molar-refractivity contribution in [3.8, 4) is 5.75 Å². The van der Waals surface area contributed by atoms with Crippen LogP contribution in [-0.4, -0.2) is 23.3 Å². The molecular formula is C42H64O4. The van der Waals surface area contributed by atoms with E-state index < -0.39 is 0 Å². The lowest BCUT2D eigenvalue weighted by atomic mass is 9.44. The van der Waals surface area contributed by atoms with E-state index in [0.29, 0.717) is 34.3 Å². The fourth-order valence-corrected chi connectivity index (χ4v) is 11.1. The van der Waals surface area contributed by atoms with Crippen molar-refractivity contribution in [3.05, 3.63) is 47.6 Å². The molecule has 4 aliphatic carbocycles. The first-order valence-electron chi connectivity index (χ1n) is 18.9. The van der Waals surface area contributed by atoms with E-state index in [1.165, 1.54) is 51.4 Å². The summed E-state index contributed by atoms with van der Waals surface area (Å²) in [5.74, 6) is 6.52. The lowest BCUT2D eigenvalue weighted by Crippen LogP contribution is -2.54. The lowest BCUT2D eigenvalue weighted by molar-refractivity contribution is -0.157. The Morgan fingerprint density at radius 3 is 2.39 bits per heavy atom. The zero-order valence-electron chi connectivity index (χ0n) is 30.3. The number of benzene rings is 1. The van der Waals surface area contributed by atoms with Gasteiger partial charge in [0, 0.05) is 11.6 Å². The highest BCUT2D eigenvalue weighted by Crippen LogP contribution is 2.68. The molecule has 4 heteroatoms. The first-order valence-corrected chi connectivity index (χ1v) is 18.9. The van der Waals surface area contributed by atoms with Gasteiger partial charge in [0.15, 0.2) is 0 Å². The van der Waals surface area contributed by atoms with E-state index in [4.69, 9.17) is 9.47 Å². The van der Waals surface area contributed by atoms with Crippen molar-refractivity contribution in [3.63, 3.8) is 0 Å². The van der Waals surface area contributed by atoms with Crippen LogP contribution in [0.4, 0.5) is 0 Å². The van der Waals surface area contributed by atoms with E-state index in [9.17, 15) is 9.90 Å². The molecule has 0 bridgehead atoms. The first kappa shape index (κ1) is 35.2. The van der Waals surface area contributed by atoms with Gasteiger partial charge in [-0.1, -0.05) is 59.8 Å². The molecular weight excluding hydrogens is 568 g/mol. The van der Waals surface area contributed by atoms with Crippen molar-refractivity contribution in [2.24, 2.45) is 58.2 Å². The van der Waals surface area contributed by atoms with Crippen LogP contribution in [0.3, 0.4) is 0 Å². The molecule has 46 heavy (non-hydrogen) atoms. The maximum Gasteiger partial charge on any atom is 0.331 e. The van der Waals surface area contributed by atoms with E-state index >= 15 is 0 Å². The highest BCUT2D eigenvalue weighted by Gasteiger charge is 2.60. The molecule has 5 rings (SSSR count). The number of aliphatic hydroxyl groups is 1. The molecule has 10 unspecified atom stereocenters. The van der Waals surface area contributed by atoms with Crippen LogP contribution in [0.25, 0.3) is 6.08 Å². The second kappa shape index (κ2) is 14.6. The minimum atomic E-state index is -0.261. The minimum absolute atomic E-state index is 0.0109. The summed E-state index contributed by atoms with van der Waals surface area (Å²) in [6.45, 7) is 18.7. The first-order chi connectivity index (χ1) is 21.9. The summed E-state index contributed by atoms with van der Waals surface area (Å²) in [4.78, 5) is 12.9. The molecule has 0 radical (unpaired) electrons. The quantitative estimate of drug-likeness (QED) is 0.150. The molecule has 4 fully saturated rings. The summed E-state index contributed by atoms with van der Waals surface area (Å²) in [5, 5.41) is 9.79. The molecule has 1 aromatic rings. The fourth-order valence-electron chi connectivity index (χ4n) is 11.1. The van der Waals surface area contributed by atoms with Crippen LogP contribution >= 0.6 is 0 Å². The Balaban J connectivity index is 1.18. The van der Waals surface area contributed by atoms with Crippen LogP contribution < -0.4 is 4.74 Å². The standard InChI is InChI=1S/C42H64O4/c1-9-31(27(2)3)13-10-29(6)36-16-17-37-35-15-14-33-25-34(20-22-41(33,7)38(35)21-23-42(36,37)8)46-40(44)19-12-30-11-18-39(45-28(4)5)32(24-30)26-43/h10-13,18-19,24,27-29,31,33-38,43H,9,14-17,20-23,25-26H2,1-8H3/b13-10+,19-12+. The average molecular weight is 633 g/mol. The molecule has 1 N–H and O–H groups in total. The summed E-state index contributed by atoms with van der Waals surface area (Å²) >= 11 is 0. The van der Waals surface area contributed by atoms with Crippen LogP contribution in [0, 0.1) is 58.2 Å². The third kappa shape index (κ3) is 7.18. The van der Waals surface area contributed by atoms with Gasteiger partial charge in [0.1, 0.15) is 11.9 Å². The molecule has 0 amide bonds. The minimum Gasteiger partial charge on any atom is -0.491 e. The van der Waals surface area contributed by atoms with Crippen LogP contribution in [0.15, 0.2) is 36.4 Å². The summed E-state index contributed by atoms with van der Waals surface area (Å²) in [5.41, 5.74) is 2.43. The molecule has 0 aliphatic heterocycles. The number of esters is 1. The number of ether oxygens (including phenoxy) is 2. The molecule has 0 saturated heterocycles. The molecule has 256 valence electrons. The van der Waals surface area contributed by atoms with E-state index in [-0.39, 0.29) is 24.8 Å². The van der Waals surface area contributed by atoms with Gasteiger partial charge in [-0.15, -0.1) is 0 Å². The SMILES string of the molecule is CCC(/C=C/C(C)C1CCC2C3CCC4CC(OC(=O)/C=C/c5ccc(OC(C)C)c(CO)c5)CCC4(C)C3CCC12C)C(C)C. The molecule has 0 heterocycles. The Bertz CT molecular complexity index is 1250. The predicted octanol–water partition coefficient (Wildman–Crippen LogP) is 10.4. The van der Waals surface area contributed by atoms with Gasteiger partial charge < -0.3 is 14.6 Å². The lowest BCUT2D eigenvalue weighted by Gasteiger charge is -2.61. The summed E-state index contributed by atoms with van der Waals surface area (Å²) in [6.07, 6.45) is 21.2. The third-order valence-electron chi connectivity index (χ3n) is 13.6. The molecule has 0 spiro atoms. The number of hydrogen-bond acceptors (Lipinski definition) is 4. The van der Waals surface area contributed by atoms with Crippen LogP contribution in [0.5, 0.6) is 5.75 Å². The van der Waals surface area contributed by atoms with Gasteiger partial charge in [-0.25, -0.2) is 4.79 Å². The second-order valence-electron chi connectivity index (χ2n) is 16.8. The normalized spacial score (nSPS) is 35.6. The Kier molecular flexibility index (Phi) is 11.2. The monoisotopic (exact) mass is 632 g/mol. The van der Waals surface area contributed by atoms with Gasteiger partial charge in [0.2, 0.25) is 0 Å². The molecule has 4 nitrogen and oxygen atoms in total. The number of aliphatic hydroxyl groups excluding tert-OH is 1. The highest BCUT2D eigenvalue weighted by atomic mass is 16.5. The summed E-state index contributed by atoms with van der Waals surface area (Å²) in [6, 6.07) is 5.65. The maximum atomic E-state index is 12.9.